The van der Waals surface area contributed by atoms with E-state index >= 15 is 0 Å². The maximum absolute atomic E-state index is 4.80. The largest absolute Gasteiger partial charge is 0.396 e. The first-order chi connectivity index (χ1) is 4.56. The van der Waals surface area contributed by atoms with Gasteiger partial charge < -0.3 is 4.84 Å². The van der Waals surface area contributed by atoms with Crippen molar-refractivity contribution in [1.82, 2.24) is 0 Å². The van der Waals surface area contributed by atoms with E-state index < -0.39 is 0 Å². The van der Waals surface area contributed by atoms with E-state index in [1.54, 1.807) is 0 Å². The molecular formula is C8H17NO. The highest BCUT2D eigenvalue weighted by atomic mass is 16.6. The van der Waals surface area contributed by atoms with Gasteiger partial charge in [-0.05, 0) is 18.8 Å². The fourth-order valence-electron chi connectivity index (χ4n) is 0.438. The van der Waals surface area contributed by atoms with Crippen molar-refractivity contribution in [2.75, 3.05) is 6.61 Å². The van der Waals surface area contributed by atoms with Gasteiger partial charge in [0.05, 0.1) is 0 Å². The highest BCUT2D eigenvalue weighted by molar-refractivity contribution is 5.57. The van der Waals surface area contributed by atoms with Gasteiger partial charge in [0.25, 0.3) is 0 Å². The van der Waals surface area contributed by atoms with E-state index in [1.807, 2.05) is 13.1 Å². The van der Waals surface area contributed by atoms with Gasteiger partial charge in [-0.15, -0.1) is 0 Å². The predicted molar refractivity (Wildman–Crippen MR) is 44.2 cm³/mol. The van der Waals surface area contributed by atoms with Crippen LogP contribution in [-0.2, 0) is 4.84 Å². The number of hydrogen-bond acceptors (Lipinski definition) is 2. The summed E-state index contributed by atoms with van der Waals surface area (Å²) in [5.41, 5.74) is 0.320. The van der Waals surface area contributed by atoms with E-state index in [1.165, 1.54) is 0 Å². The van der Waals surface area contributed by atoms with Crippen LogP contribution in [0.4, 0.5) is 0 Å². The second-order valence-electron chi connectivity index (χ2n) is 3.47. The van der Waals surface area contributed by atoms with Crippen LogP contribution in [0.15, 0.2) is 5.16 Å². The minimum atomic E-state index is 0.320. The summed E-state index contributed by atoms with van der Waals surface area (Å²) >= 11 is 0. The summed E-state index contributed by atoms with van der Waals surface area (Å²) in [6.45, 7) is 9.09. The second kappa shape index (κ2) is 4.31. The SMILES string of the molecule is CCO/N=C/CC(C)(C)C. The molecule has 0 atom stereocenters. The van der Waals surface area contributed by atoms with Crippen LogP contribution in [0, 0.1) is 5.41 Å². The average Bonchev–Trinajstić information content (AvgIpc) is 1.78. The summed E-state index contributed by atoms with van der Waals surface area (Å²) in [7, 11) is 0. The molecule has 0 aromatic heterocycles. The van der Waals surface area contributed by atoms with Gasteiger partial charge in [-0.3, -0.25) is 0 Å². The molecule has 0 aromatic rings. The van der Waals surface area contributed by atoms with E-state index in [2.05, 4.69) is 25.9 Å². The molecule has 0 heterocycles. The Morgan fingerprint density at radius 2 is 2.00 bits per heavy atom. The Morgan fingerprint density at radius 1 is 1.40 bits per heavy atom. The molecule has 10 heavy (non-hydrogen) atoms. The van der Waals surface area contributed by atoms with Crippen molar-refractivity contribution in [3.63, 3.8) is 0 Å². The molecule has 0 radical (unpaired) electrons. The van der Waals surface area contributed by atoms with Crippen LogP contribution < -0.4 is 0 Å². The fourth-order valence-corrected chi connectivity index (χ4v) is 0.438. The maximum Gasteiger partial charge on any atom is 0.114 e. The lowest BCUT2D eigenvalue weighted by Crippen LogP contribution is -2.04. The van der Waals surface area contributed by atoms with Crippen molar-refractivity contribution in [3.8, 4) is 0 Å². The van der Waals surface area contributed by atoms with Crippen molar-refractivity contribution < 1.29 is 4.84 Å². The molecule has 60 valence electrons. The summed E-state index contributed by atoms with van der Waals surface area (Å²) in [6, 6.07) is 0. The Hall–Kier alpha value is -0.530. The van der Waals surface area contributed by atoms with Gasteiger partial charge in [0.1, 0.15) is 6.61 Å². The summed E-state index contributed by atoms with van der Waals surface area (Å²) in [4.78, 5) is 4.80. The van der Waals surface area contributed by atoms with Crippen LogP contribution in [0.25, 0.3) is 0 Å². The van der Waals surface area contributed by atoms with Crippen LogP contribution in [0.2, 0.25) is 0 Å². The third-order valence-electron chi connectivity index (χ3n) is 0.982. The van der Waals surface area contributed by atoms with Gasteiger partial charge in [-0.1, -0.05) is 25.9 Å². The molecule has 0 N–H and O–H groups in total. The van der Waals surface area contributed by atoms with E-state index in [0.29, 0.717) is 12.0 Å². The van der Waals surface area contributed by atoms with Crippen molar-refractivity contribution in [2.45, 2.75) is 34.1 Å². The Labute approximate surface area is 63.3 Å². The van der Waals surface area contributed by atoms with Crippen molar-refractivity contribution in [1.29, 1.82) is 0 Å². The zero-order valence-corrected chi connectivity index (χ0v) is 7.35. The summed E-state index contributed by atoms with van der Waals surface area (Å²) in [6.07, 6.45) is 2.79. The molecule has 0 rings (SSSR count). The molecule has 0 saturated carbocycles. The smallest absolute Gasteiger partial charge is 0.114 e. The first kappa shape index (κ1) is 9.47. The zero-order chi connectivity index (χ0) is 8.04. The Balaban J connectivity index is 3.34. The summed E-state index contributed by atoms with van der Waals surface area (Å²) in [5, 5.41) is 3.75. The molecule has 0 amide bonds. The summed E-state index contributed by atoms with van der Waals surface area (Å²) < 4.78 is 0. The van der Waals surface area contributed by atoms with Crippen molar-refractivity contribution in [3.05, 3.63) is 0 Å². The minimum absolute atomic E-state index is 0.320. The highest BCUT2D eigenvalue weighted by Crippen LogP contribution is 2.15. The van der Waals surface area contributed by atoms with E-state index in [4.69, 9.17) is 4.84 Å². The van der Waals surface area contributed by atoms with Crippen molar-refractivity contribution >= 4 is 6.21 Å². The standard InChI is InChI=1S/C8H17NO/c1-5-10-9-7-6-8(2,3)4/h7H,5-6H2,1-4H3/b9-7+. The van der Waals surface area contributed by atoms with Gasteiger partial charge in [-0.25, -0.2) is 0 Å². The molecule has 0 spiro atoms. The maximum atomic E-state index is 4.80. The van der Waals surface area contributed by atoms with Crippen LogP contribution >= 0.6 is 0 Å². The van der Waals surface area contributed by atoms with Gasteiger partial charge in [-0.2, -0.15) is 0 Å². The lowest BCUT2D eigenvalue weighted by Gasteiger charge is -2.13. The van der Waals surface area contributed by atoms with Crippen LogP contribution in [0.1, 0.15) is 34.1 Å². The van der Waals surface area contributed by atoms with Gasteiger partial charge in [0, 0.05) is 6.21 Å². The fraction of sp³-hybridized carbons (Fsp3) is 0.875. The predicted octanol–water partition coefficient (Wildman–Crippen LogP) is 2.44. The number of nitrogens with zero attached hydrogens (tertiary/aromatic N) is 1. The molecule has 0 saturated heterocycles. The first-order valence-corrected chi connectivity index (χ1v) is 3.70. The molecule has 2 nitrogen and oxygen atoms in total. The monoisotopic (exact) mass is 143 g/mol. The zero-order valence-electron chi connectivity index (χ0n) is 7.35. The first-order valence-electron chi connectivity index (χ1n) is 3.70. The highest BCUT2D eigenvalue weighted by Gasteiger charge is 2.06. The number of oxime groups is 1. The molecule has 0 aliphatic carbocycles. The molecule has 0 aliphatic heterocycles. The number of rotatable bonds is 3. The lowest BCUT2D eigenvalue weighted by atomic mass is 9.93. The van der Waals surface area contributed by atoms with Gasteiger partial charge in [0.2, 0.25) is 0 Å². The molecule has 0 aromatic carbocycles. The Kier molecular flexibility index (Phi) is 4.08. The quantitative estimate of drug-likeness (QED) is 0.439. The number of hydrogen-bond donors (Lipinski definition) is 0. The normalized spacial score (nSPS) is 12.4. The molecule has 0 unspecified atom stereocenters. The third kappa shape index (κ3) is 7.47. The molecule has 0 bridgehead atoms. The molecular weight excluding hydrogens is 126 g/mol. The van der Waals surface area contributed by atoms with Crippen LogP contribution in [-0.4, -0.2) is 12.8 Å². The van der Waals surface area contributed by atoms with Crippen LogP contribution in [0.5, 0.6) is 0 Å². The molecule has 0 aliphatic rings. The average molecular weight is 143 g/mol. The van der Waals surface area contributed by atoms with Gasteiger partial charge >= 0.3 is 0 Å². The lowest BCUT2D eigenvalue weighted by molar-refractivity contribution is 0.159. The summed E-state index contributed by atoms with van der Waals surface area (Å²) in [5.74, 6) is 0. The minimum Gasteiger partial charge on any atom is -0.396 e. The third-order valence-corrected chi connectivity index (χ3v) is 0.982. The van der Waals surface area contributed by atoms with Crippen molar-refractivity contribution in [2.24, 2.45) is 10.6 Å². The van der Waals surface area contributed by atoms with E-state index in [9.17, 15) is 0 Å². The second-order valence-corrected chi connectivity index (χ2v) is 3.47. The Morgan fingerprint density at radius 3 is 2.40 bits per heavy atom. The van der Waals surface area contributed by atoms with E-state index in [0.717, 1.165) is 6.42 Å². The molecule has 0 fully saturated rings. The van der Waals surface area contributed by atoms with Crippen LogP contribution in [0.3, 0.4) is 0 Å². The topological polar surface area (TPSA) is 21.6 Å². The van der Waals surface area contributed by atoms with Gasteiger partial charge in [0.15, 0.2) is 0 Å². The molecule has 2 heteroatoms. The van der Waals surface area contributed by atoms with E-state index in [-0.39, 0.29) is 0 Å². The Bertz CT molecular complexity index is 102.